The monoisotopic (exact) mass is 235 g/mol. The predicted octanol–water partition coefficient (Wildman–Crippen LogP) is 2.52. The molecule has 0 spiro atoms. The summed E-state index contributed by atoms with van der Waals surface area (Å²) in [5.41, 5.74) is 8.02. The van der Waals surface area contributed by atoms with Gasteiger partial charge in [-0.15, -0.1) is 0 Å². The molecule has 0 saturated carbocycles. The number of alkyl halides is 1. The van der Waals surface area contributed by atoms with E-state index in [2.05, 4.69) is 26.0 Å². The first-order chi connectivity index (χ1) is 5.57. The third kappa shape index (κ3) is 4.98. The first-order valence-corrected chi connectivity index (χ1v) is 4.40. The maximum absolute atomic E-state index is 10.4. The number of hydrogen-bond acceptors (Lipinski definition) is 2. The molecule has 6 heteroatoms. The fourth-order valence-corrected chi connectivity index (χ4v) is 0.971. The standard InChI is InChI=1S/C6H10BrN3O2/c1-4(6(11)12)2-3-5(7)9-10-8/h4-5H,2-3H2,1H3,(H,11,12). The predicted molar refractivity (Wildman–Crippen MR) is 47.9 cm³/mol. The highest BCUT2D eigenvalue weighted by atomic mass is 79.9. The van der Waals surface area contributed by atoms with E-state index in [1.165, 1.54) is 0 Å². The Bertz CT molecular complexity index is 195. The number of carboxylic acid groups (broad SMARTS) is 1. The molecule has 5 nitrogen and oxygen atoms in total. The summed E-state index contributed by atoms with van der Waals surface area (Å²) < 4.78 is 0. The van der Waals surface area contributed by atoms with Crippen LogP contribution in [0.1, 0.15) is 19.8 Å². The molecule has 1 N–H and O–H groups in total. The minimum absolute atomic E-state index is 0.302. The van der Waals surface area contributed by atoms with Gasteiger partial charge in [-0.3, -0.25) is 4.79 Å². The largest absolute Gasteiger partial charge is 0.481 e. The Morgan fingerprint density at radius 3 is 2.75 bits per heavy atom. The molecule has 0 aromatic carbocycles. The Morgan fingerprint density at radius 1 is 1.75 bits per heavy atom. The van der Waals surface area contributed by atoms with Crippen molar-refractivity contribution in [2.24, 2.45) is 11.0 Å². The summed E-state index contributed by atoms with van der Waals surface area (Å²) in [7, 11) is 0. The SMILES string of the molecule is CC(CCC(Br)N=[N+]=[N-])C(=O)O. The normalized spacial score (nSPS) is 14.5. The van der Waals surface area contributed by atoms with Gasteiger partial charge in [0, 0.05) is 4.91 Å². The molecule has 68 valence electrons. The van der Waals surface area contributed by atoms with Gasteiger partial charge >= 0.3 is 5.97 Å². The molecule has 0 heterocycles. The molecule has 0 aliphatic heterocycles. The molecule has 0 aromatic rings. The molecule has 0 aromatic heterocycles. The van der Waals surface area contributed by atoms with Crippen molar-refractivity contribution >= 4 is 21.9 Å². The van der Waals surface area contributed by atoms with Crippen LogP contribution in [-0.4, -0.2) is 16.0 Å². The van der Waals surface area contributed by atoms with Crippen LogP contribution in [0.4, 0.5) is 0 Å². The van der Waals surface area contributed by atoms with Gasteiger partial charge in [0.05, 0.1) is 10.9 Å². The zero-order valence-electron chi connectivity index (χ0n) is 6.64. The van der Waals surface area contributed by atoms with Gasteiger partial charge in [-0.25, -0.2) is 0 Å². The van der Waals surface area contributed by atoms with E-state index in [4.69, 9.17) is 10.6 Å². The fraction of sp³-hybridized carbons (Fsp3) is 0.833. The molecule has 2 unspecified atom stereocenters. The van der Waals surface area contributed by atoms with Crippen LogP contribution in [0, 0.1) is 5.92 Å². The lowest BCUT2D eigenvalue weighted by Crippen LogP contribution is -2.10. The zero-order valence-corrected chi connectivity index (χ0v) is 8.23. The second-order valence-corrected chi connectivity index (χ2v) is 3.51. The minimum atomic E-state index is -0.823. The fourth-order valence-electron chi connectivity index (χ4n) is 0.625. The number of hydrogen-bond donors (Lipinski definition) is 1. The van der Waals surface area contributed by atoms with Crippen molar-refractivity contribution in [1.82, 2.24) is 0 Å². The number of rotatable bonds is 5. The second kappa shape index (κ2) is 5.85. The number of carbonyl (C=O) groups is 1. The number of nitrogens with zero attached hydrogens (tertiary/aromatic N) is 3. The number of carboxylic acids is 1. The summed E-state index contributed by atoms with van der Waals surface area (Å²) in [5, 5.41) is 11.9. The molecule has 0 rings (SSSR count). The zero-order chi connectivity index (χ0) is 9.56. The van der Waals surface area contributed by atoms with Crippen LogP contribution < -0.4 is 0 Å². The third-order valence-corrected chi connectivity index (χ3v) is 2.08. The van der Waals surface area contributed by atoms with Crippen LogP contribution >= 0.6 is 15.9 Å². The van der Waals surface area contributed by atoms with E-state index in [-0.39, 0.29) is 10.9 Å². The Balaban J connectivity index is 3.67. The average molecular weight is 236 g/mol. The van der Waals surface area contributed by atoms with Crippen molar-refractivity contribution in [3.05, 3.63) is 10.4 Å². The van der Waals surface area contributed by atoms with Crippen molar-refractivity contribution in [3.63, 3.8) is 0 Å². The van der Waals surface area contributed by atoms with Crippen molar-refractivity contribution in [3.8, 4) is 0 Å². The topological polar surface area (TPSA) is 86.1 Å². The van der Waals surface area contributed by atoms with Gasteiger partial charge in [0.25, 0.3) is 0 Å². The average Bonchev–Trinajstić information content (AvgIpc) is 2.00. The van der Waals surface area contributed by atoms with Crippen LogP contribution in [0.2, 0.25) is 0 Å². The summed E-state index contributed by atoms with van der Waals surface area (Å²) in [6.07, 6.45) is 1.04. The van der Waals surface area contributed by atoms with E-state index >= 15 is 0 Å². The van der Waals surface area contributed by atoms with Gasteiger partial charge in [0.1, 0.15) is 0 Å². The summed E-state index contributed by atoms with van der Waals surface area (Å²) in [6.45, 7) is 1.62. The highest BCUT2D eigenvalue weighted by Crippen LogP contribution is 2.14. The number of halogens is 1. The van der Waals surface area contributed by atoms with Gasteiger partial charge in [-0.2, -0.15) is 0 Å². The minimum Gasteiger partial charge on any atom is -0.481 e. The van der Waals surface area contributed by atoms with Crippen LogP contribution in [0.5, 0.6) is 0 Å². The van der Waals surface area contributed by atoms with Crippen molar-refractivity contribution in [2.45, 2.75) is 24.7 Å². The highest BCUT2D eigenvalue weighted by Gasteiger charge is 2.12. The lowest BCUT2D eigenvalue weighted by atomic mass is 10.1. The molecule has 0 radical (unpaired) electrons. The molecule has 0 fully saturated rings. The van der Waals surface area contributed by atoms with Crippen LogP contribution in [0.3, 0.4) is 0 Å². The van der Waals surface area contributed by atoms with E-state index in [0.717, 1.165) is 0 Å². The molecule has 0 amide bonds. The molecular weight excluding hydrogens is 226 g/mol. The Kier molecular flexibility index (Phi) is 5.49. The van der Waals surface area contributed by atoms with Gasteiger partial charge in [0.15, 0.2) is 0 Å². The third-order valence-electron chi connectivity index (χ3n) is 1.44. The summed E-state index contributed by atoms with van der Waals surface area (Å²) in [4.78, 5) is 12.6. The van der Waals surface area contributed by atoms with E-state index < -0.39 is 5.97 Å². The molecular formula is C6H10BrN3O2. The van der Waals surface area contributed by atoms with Gasteiger partial charge in [-0.1, -0.05) is 28.0 Å². The highest BCUT2D eigenvalue weighted by molar-refractivity contribution is 9.09. The van der Waals surface area contributed by atoms with Gasteiger partial charge in [-0.05, 0) is 18.4 Å². The molecule has 0 saturated heterocycles. The Morgan fingerprint density at radius 2 is 2.33 bits per heavy atom. The Hall–Kier alpha value is -0.740. The maximum Gasteiger partial charge on any atom is 0.306 e. The first-order valence-electron chi connectivity index (χ1n) is 3.49. The quantitative estimate of drug-likeness (QED) is 0.261. The summed E-state index contributed by atoms with van der Waals surface area (Å²) in [5.74, 6) is -1.21. The van der Waals surface area contributed by atoms with Crippen LogP contribution in [0.15, 0.2) is 5.11 Å². The molecule has 0 bridgehead atoms. The van der Waals surface area contributed by atoms with Gasteiger partial charge in [0.2, 0.25) is 0 Å². The van der Waals surface area contributed by atoms with E-state index in [0.29, 0.717) is 12.8 Å². The van der Waals surface area contributed by atoms with Crippen molar-refractivity contribution < 1.29 is 9.90 Å². The van der Waals surface area contributed by atoms with Crippen molar-refractivity contribution in [2.75, 3.05) is 0 Å². The van der Waals surface area contributed by atoms with Crippen molar-refractivity contribution in [1.29, 1.82) is 0 Å². The lowest BCUT2D eigenvalue weighted by molar-refractivity contribution is -0.141. The van der Waals surface area contributed by atoms with Crippen LogP contribution in [-0.2, 0) is 4.79 Å². The lowest BCUT2D eigenvalue weighted by Gasteiger charge is -2.05. The van der Waals surface area contributed by atoms with E-state index in [1.54, 1.807) is 6.92 Å². The Labute approximate surface area is 78.5 Å². The summed E-state index contributed by atoms with van der Waals surface area (Å²) in [6, 6.07) is 0. The molecule has 0 aliphatic rings. The second-order valence-electron chi connectivity index (χ2n) is 2.46. The summed E-state index contributed by atoms with van der Waals surface area (Å²) >= 11 is 3.10. The van der Waals surface area contributed by atoms with E-state index in [9.17, 15) is 4.79 Å². The smallest absolute Gasteiger partial charge is 0.306 e. The first kappa shape index (κ1) is 11.3. The molecule has 2 atom stereocenters. The maximum atomic E-state index is 10.4. The number of azide groups is 1. The van der Waals surface area contributed by atoms with Gasteiger partial charge < -0.3 is 5.11 Å². The molecule has 0 aliphatic carbocycles. The molecule has 12 heavy (non-hydrogen) atoms. The van der Waals surface area contributed by atoms with Crippen LogP contribution in [0.25, 0.3) is 10.4 Å². The van der Waals surface area contributed by atoms with E-state index in [1.807, 2.05) is 0 Å². The number of aliphatic carboxylic acids is 1.